The maximum absolute atomic E-state index is 12.1. The van der Waals surface area contributed by atoms with Gasteiger partial charge in [-0.2, -0.15) is 5.10 Å². The molecular weight excluding hydrogens is 346 g/mol. The monoisotopic (exact) mass is 369 g/mol. The van der Waals surface area contributed by atoms with Crippen LogP contribution in [0.5, 0.6) is 11.5 Å². The number of carbonyl (C=O) groups is 2. The number of rotatable bonds is 8. The summed E-state index contributed by atoms with van der Waals surface area (Å²) >= 11 is 0. The third kappa shape index (κ3) is 6.47. The van der Waals surface area contributed by atoms with Crippen molar-refractivity contribution in [2.75, 3.05) is 19.0 Å². The summed E-state index contributed by atoms with van der Waals surface area (Å²) < 4.78 is 10.6. The van der Waals surface area contributed by atoms with Gasteiger partial charge in [-0.05, 0) is 37.6 Å². The topological polar surface area (TPSA) is 89.0 Å². The first kappa shape index (κ1) is 20.0. The first-order chi connectivity index (χ1) is 13.0. The summed E-state index contributed by atoms with van der Waals surface area (Å²) in [6.45, 7) is 3.40. The molecule has 7 nitrogen and oxygen atoms in total. The van der Waals surface area contributed by atoms with E-state index in [1.807, 2.05) is 31.2 Å². The minimum absolute atomic E-state index is 0.0387. The Labute approximate surface area is 158 Å². The number of hydrogen-bond acceptors (Lipinski definition) is 5. The number of benzene rings is 2. The van der Waals surface area contributed by atoms with Gasteiger partial charge in [0.1, 0.15) is 11.5 Å². The Morgan fingerprint density at radius 3 is 2.37 bits per heavy atom. The highest BCUT2D eigenvalue weighted by Gasteiger charge is 2.09. The van der Waals surface area contributed by atoms with Gasteiger partial charge in [-0.3, -0.25) is 9.59 Å². The zero-order chi connectivity index (χ0) is 19.6. The molecule has 0 aliphatic heterocycles. The number of carbonyl (C=O) groups excluding carboxylic acids is 2. The smallest absolute Gasteiger partial charge is 0.277 e. The predicted octanol–water partition coefficient (Wildman–Crippen LogP) is 2.90. The van der Waals surface area contributed by atoms with Crippen LogP contribution >= 0.6 is 0 Å². The lowest BCUT2D eigenvalue weighted by Gasteiger charge is -2.10. The number of aryl methyl sites for hydroxylation is 1. The molecular formula is C20H23N3O4. The molecule has 0 aromatic heterocycles. The van der Waals surface area contributed by atoms with E-state index in [0.717, 1.165) is 5.56 Å². The number of hydrogen-bond donors (Lipinski definition) is 2. The number of nitrogens with zero attached hydrogens (tertiary/aromatic N) is 1. The number of methoxy groups -OCH3 is 1. The van der Waals surface area contributed by atoms with Crippen molar-refractivity contribution < 1.29 is 19.1 Å². The lowest BCUT2D eigenvalue weighted by Crippen LogP contribution is -2.26. The van der Waals surface area contributed by atoms with E-state index in [-0.39, 0.29) is 18.9 Å². The summed E-state index contributed by atoms with van der Waals surface area (Å²) in [4.78, 5) is 23.9. The first-order valence-corrected chi connectivity index (χ1v) is 8.43. The summed E-state index contributed by atoms with van der Waals surface area (Å²) in [5.74, 6) is 0.556. The second-order valence-corrected chi connectivity index (χ2v) is 5.86. The minimum atomic E-state index is -0.400. The average molecular weight is 369 g/mol. The molecule has 142 valence electrons. The fourth-order valence-electron chi connectivity index (χ4n) is 2.27. The largest absolute Gasteiger partial charge is 0.495 e. The molecule has 2 N–H and O–H groups in total. The van der Waals surface area contributed by atoms with Crippen molar-refractivity contribution in [3.05, 3.63) is 54.1 Å². The van der Waals surface area contributed by atoms with Crippen LogP contribution in [-0.2, 0) is 9.59 Å². The molecule has 0 saturated heterocycles. The highest BCUT2D eigenvalue weighted by molar-refractivity contribution is 6.06. The number of ether oxygens (including phenoxy) is 2. The summed E-state index contributed by atoms with van der Waals surface area (Å²) in [5, 5.41) is 6.68. The number of amides is 2. The molecule has 0 unspecified atom stereocenters. The maximum Gasteiger partial charge on any atom is 0.277 e. The fraction of sp³-hybridized carbons (Fsp3) is 0.250. The van der Waals surface area contributed by atoms with E-state index in [1.165, 1.54) is 7.11 Å². The van der Waals surface area contributed by atoms with Crippen molar-refractivity contribution in [3.8, 4) is 11.5 Å². The zero-order valence-corrected chi connectivity index (χ0v) is 15.6. The van der Waals surface area contributed by atoms with Gasteiger partial charge in [-0.25, -0.2) is 5.43 Å². The molecule has 0 bridgehead atoms. The fourth-order valence-corrected chi connectivity index (χ4v) is 2.27. The van der Waals surface area contributed by atoms with Crippen LogP contribution in [0.15, 0.2) is 53.6 Å². The Balaban J connectivity index is 1.80. The first-order valence-electron chi connectivity index (χ1n) is 8.43. The van der Waals surface area contributed by atoms with Crippen LogP contribution in [0.25, 0.3) is 0 Å². The molecule has 27 heavy (non-hydrogen) atoms. The molecule has 0 fully saturated rings. The average Bonchev–Trinajstić information content (AvgIpc) is 2.66. The number of hydrazone groups is 1. The van der Waals surface area contributed by atoms with Gasteiger partial charge in [0.05, 0.1) is 19.2 Å². The molecule has 2 aromatic rings. The quantitative estimate of drug-likeness (QED) is 0.553. The van der Waals surface area contributed by atoms with Gasteiger partial charge in [-0.15, -0.1) is 0 Å². The van der Waals surface area contributed by atoms with Crippen LogP contribution in [0.2, 0.25) is 0 Å². The maximum atomic E-state index is 12.1. The van der Waals surface area contributed by atoms with Gasteiger partial charge in [0.15, 0.2) is 6.61 Å². The molecule has 0 atom stereocenters. The second kappa shape index (κ2) is 9.96. The molecule has 0 spiro atoms. The number of para-hydroxylation sites is 3. The van der Waals surface area contributed by atoms with Gasteiger partial charge < -0.3 is 14.8 Å². The van der Waals surface area contributed by atoms with E-state index in [2.05, 4.69) is 15.8 Å². The van der Waals surface area contributed by atoms with Crippen molar-refractivity contribution in [1.82, 2.24) is 5.43 Å². The van der Waals surface area contributed by atoms with Gasteiger partial charge in [0.2, 0.25) is 5.91 Å². The van der Waals surface area contributed by atoms with Gasteiger partial charge in [-0.1, -0.05) is 30.3 Å². The second-order valence-electron chi connectivity index (χ2n) is 5.86. The summed E-state index contributed by atoms with van der Waals surface area (Å²) in [6.07, 6.45) is 0.0387. The summed E-state index contributed by atoms with van der Waals surface area (Å²) in [7, 11) is 1.53. The van der Waals surface area contributed by atoms with Crippen molar-refractivity contribution in [3.63, 3.8) is 0 Å². The van der Waals surface area contributed by atoms with Crippen LogP contribution in [-0.4, -0.2) is 31.2 Å². The lowest BCUT2D eigenvalue weighted by molar-refractivity contribution is -0.123. The molecule has 0 aliphatic rings. The van der Waals surface area contributed by atoms with E-state index in [1.54, 1.807) is 31.2 Å². The molecule has 0 saturated carbocycles. The van der Waals surface area contributed by atoms with Crippen LogP contribution in [0.3, 0.4) is 0 Å². The van der Waals surface area contributed by atoms with E-state index < -0.39 is 5.91 Å². The van der Waals surface area contributed by atoms with E-state index in [9.17, 15) is 9.59 Å². The normalized spacial score (nSPS) is 10.9. The Hall–Kier alpha value is -3.35. The third-order valence-electron chi connectivity index (χ3n) is 3.62. The van der Waals surface area contributed by atoms with E-state index in [4.69, 9.17) is 9.47 Å². The SMILES string of the molecule is COc1ccccc1NC(=O)C/C(C)=N/NC(=O)COc1ccccc1C. The third-order valence-corrected chi connectivity index (χ3v) is 3.62. The van der Waals surface area contributed by atoms with Crippen molar-refractivity contribution in [2.24, 2.45) is 5.10 Å². The molecule has 7 heteroatoms. The summed E-state index contributed by atoms with van der Waals surface area (Å²) in [6, 6.07) is 14.5. The zero-order valence-electron chi connectivity index (χ0n) is 15.6. The number of anilines is 1. The van der Waals surface area contributed by atoms with Crippen molar-refractivity contribution in [2.45, 2.75) is 20.3 Å². The molecule has 2 rings (SSSR count). The minimum Gasteiger partial charge on any atom is -0.495 e. The van der Waals surface area contributed by atoms with Crippen LogP contribution in [0.4, 0.5) is 5.69 Å². The predicted molar refractivity (Wildman–Crippen MR) is 104 cm³/mol. The lowest BCUT2D eigenvalue weighted by atomic mass is 10.2. The number of nitrogens with one attached hydrogen (secondary N) is 2. The highest BCUT2D eigenvalue weighted by atomic mass is 16.5. The molecule has 2 amide bonds. The Bertz CT molecular complexity index is 833. The molecule has 0 heterocycles. The van der Waals surface area contributed by atoms with Crippen molar-refractivity contribution >= 4 is 23.2 Å². The van der Waals surface area contributed by atoms with Gasteiger partial charge in [0, 0.05) is 5.71 Å². The van der Waals surface area contributed by atoms with Crippen LogP contribution in [0, 0.1) is 6.92 Å². The Morgan fingerprint density at radius 1 is 1.00 bits per heavy atom. The van der Waals surface area contributed by atoms with Crippen LogP contribution in [0.1, 0.15) is 18.9 Å². The molecule has 0 radical (unpaired) electrons. The summed E-state index contributed by atoms with van der Waals surface area (Å²) in [5.41, 5.74) is 4.37. The highest BCUT2D eigenvalue weighted by Crippen LogP contribution is 2.23. The standard InChI is InChI=1S/C20H23N3O4/c1-14-8-4-6-10-17(14)27-13-20(25)23-22-15(2)12-19(24)21-16-9-5-7-11-18(16)26-3/h4-11H,12-13H2,1-3H3,(H,21,24)(H,23,25)/b22-15+. The Kier molecular flexibility index (Phi) is 7.37. The van der Waals surface area contributed by atoms with E-state index in [0.29, 0.717) is 22.9 Å². The van der Waals surface area contributed by atoms with Crippen LogP contribution < -0.4 is 20.2 Å². The Morgan fingerprint density at radius 2 is 1.67 bits per heavy atom. The van der Waals surface area contributed by atoms with E-state index >= 15 is 0 Å². The molecule has 2 aromatic carbocycles. The van der Waals surface area contributed by atoms with Gasteiger partial charge in [0.25, 0.3) is 5.91 Å². The molecule has 0 aliphatic carbocycles. The van der Waals surface area contributed by atoms with Crippen molar-refractivity contribution in [1.29, 1.82) is 0 Å². The van der Waals surface area contributed by atoms with Gasteiger partial charge >= 0.3 is 0 Å².